The Labute approximate surface area is 139 Å². The van der Waals surface area contributed by atoms with Crippen molar-refractivity contribution in [2.75, 3.05) is 25.4 Å². The summed E-state index contributed by atoms with van der Waals surface area (Å²) in [5.41, 5.74) is 0. The fourth-order valence-electron chi connectivity index (χ4n) is 3.24. The van der Waals surface area contributed by atoms with Crippen molar-refractivity contribution in [2.45, 2.75) is 70.1 Å². The maximum atomic E-state index is 12.3. The summed E-state index contributed by atoms with van der Waals surface area (Å²) in [7, 11) is 0. The highest BCUT2D eigenvalue weighted by molar-refractivity contribution is 8.00. The van der Waals surface area contributed by atoms with Crippen LogP contribution in [0, 0.1) is 0 Å². The number of carbonyl (C=O) groups is 2. The summed E-state index contributed by atoms with van der Waals surface area (Å²) in [6.07, 6.45) is 5.25. The fourth-order valence-corrected chi connectivity index (χ4v) is 4.14. The lowest BCUT2D eigenvalue weighted by Crippen LogP contribution is -2.47. The molecule has 2 aliphatic rings. The Kier molecular flexibility index (Phi) is 6.18. The monoisotopic (exact) mass is 326 g/mol. The molecular formula is C17H30N2O2S. The van der Waals surface area contributed by atoms with Gasteiger partial charge >= 0.3 is 0 Å². The van der Waals surface area contributed by atoms with Gasteiger partial charge in [-0.15, -0.1) is 0 Å². The average Bonchev–Trinajstić information content (AvgIpc) is 2.89. The van der Waals surface area contributed by atoms with E-state index in [0.29, 0.717) is 30.7 Å². The van der Waals surface area contributed by atoms with Crippen molar-refractivity contribution in [3.8, 4) is 0 Å². The molecule has 2 saturated heterocycles. The van der Waals surface area contributed by atoms with Crippen molar-refractivity contribution in [3.63, 3.8) is 0 Å². The molecule has 126 valence electrons. The van der Waals surface area contributed by atoms with Gasteiger partial charge in [0, 0.05) is 43.3 Å². The first kappa shape index (κ1) is 17.6. The quantitative estimate of drug-likeness (QED) is 0.729. The summed E-state index contributed by atoms with van der Waals surface area (Å²) in [5.74, 6) is 1.65. The molecule has 5 heteroatoms. The molecular weight excluding hydrogens is 296 g/mol. The van der Waals surface area contributed by atoms with Crippen LogP contribution in [-0.2, 0) is 9.59 Å². The normalized spacial score (nSPS) is 20.8. The van der Waals surface area contributed by atoms with Crippen molar-refractivity contribution >= 4 is 23.6 Å². The molecule has 0 N–H and O–H groups in total. The number of likely N-dealkylation sites (tertiary alicyclic amines) is 2. The van der Waals surface area contributed by atoms with E-state index in [4.69, 9.17) is 0 Å². The molecule has 0 saturated carbocycles. The zero-order valence-corrected chi connectivity index (χ0v) is 15.1. The van der Waals surface area contributed by atoms with Crippen LogP contribution in [0.5, 0.6) is 0 Å². The van der Waals surface area contributed by atoms with Crippen LogP contribution < -0.4 is 0 Å². The van der Waals surface area contributed by atoms with Crippen LogP contribution in [0.25, 0.3) is 0 Å². The Bertz CT molecular complexity index is 398. The first-order valence-corrected chi connectivity index (χ1v) is 9.56. The molecule has 2 amide bonds. The van der Waals surface area contributed by atoms with E-state index in [9.17, 15) is 9.59 Å². The third kappa shape index (κ3) is 5.18. The first-order valence-electron chi connectivity index (χ1n) is 8.58. The van der Waals surface area contributed by atoms with Gasteiger partial charge in [0.2, 0.25) is 11.8 Å². The van der Waals surface area contributed by atoms with Gasteiger partial charge in [0.15, 0.2) is 0 Å². The molecule has 0 aromatic rings. The Hall–Kier alpha value is -0.710. The largest absolute Gasteiger partial charge is 0.343 e. The van der Waals surface area contributed by atoms with Gasteiger partial charge in [-0.05, 0) is 31.4 Å². The molecule has 0 bridgehead atoms. The van der Waals surface area contributed by atoms with Crippen molar-refractivity contribution in [1.29, 1.82) is 0 Å². The van der Waals surface area contributed by atoms with Crippen molar-refractivity contribution in [1.82, 2.24) is 9.80 Å². The van der Waals surface area contributed by atoms with E-state index in [1.54, 1.807) is 0 Å². The van der Waals surface area contributed by atoms with Crippen LogP contribution in [0.2, 0.25) is 0 Å². The molecule has 0 aliphatic carbocycles. The van der Waals surface area contributed by atoms with Crippen LogP contribution in [0.4, 0.5) is 0 Å². The SMILES string of the molecule is CC(C)(C)SCCCC(=O)N1CCC(N2CCCC2=O)CC1. The number of rotatable bonds is 5. The summed E-state index contributed by atoms with van der Waals surface area (Å²) in [6.45, 7) is 9.19. The van der Waals surface area contributed by atoms with E-state index in [2.05, 4.69) is 20.8 Å². The Morgan fingerprint density at radius 1 is 1.23 bits per heavy atom. The summed E-state index contributed by atoms with van der Waals surface area (Å²) >= 11 is 1.92. The van der Waals surface area contributed by atoms with Crippen LogP contribution in [0.3, 0.4) is 0 Å². The van der Waals surface area contributed by atoms with E-state index in [1.165, 1.54) is 0 Å². The van der Waals surface area contributed by atoms with E-state index >= 15 is 0 Å². The van der Waals surface area contributed by atoms with E-state index < -0.39 is 0 Å². The maximum absolute atomic E-state index is 12.3. The minimum atomic E-state index is 0.281. The standard InChI is InChI=1S/C17H30N2O2S/c1-17(2,3)22-13-5-7-15(20)18-11-8-14(9-12-18)19-10-4-6-16(19)21/h14H,4-13H2,1-3H3. The lowest BCUT2D eigenvalue weighted by Gasteiger charge is -2.36. The van der Waals surface area contributed by atoms with Gasteiger partial charge < -0.3 is 9.80 Å². The predicted molar refractivity (Wildman–Crippen MR) is 92.0 cm³/mol. The van der Waals surface area contributed by atoms with Gasteiger partial charge in [-0.3, -0.25) is 9.59 Å². The fraction of sp³-hybridized carbons (Fsp3) is 0.882. The Balaban J connectivity index is 1.65. The van der Waals surface area contributed by atoms with Crippen LogP contribution in [0.1, 0.15) is 59.3 Å². The van der Waals surface area contributed by atoms with Crippen LogP contribution in [0.15, 0.2) is 0 Å². The van der Waals surface area contributed by atoms with Gasteiger partial charge in [-0.1, -0.05) is 20.8 Å². The summed E-state index contributed by atoms with van der Waals surface area (Å²) in [4.78, 5) is 28.1. The minimum absolute atomic E-state index is 0.281. The smallest absolute Gasteiger partial charge is 0.222 e. The number of nitrogens with zero attached hydrogens (tertiary/aromatic N) is 2. The molecule has 2 fully saturated rings. The van der Waals surface area contributed by atoms with Crippen LogP contribution in [-0.4, -0.2) is 57.8 Å². The summed E-state index contributed by atoms with van der Waals surface area (Å²) in [5, 5.41) is 0. The first-order chi connectivity index (χ1) is 10.4. The van der Waals surface area contributed by atoms with Crippen molar-refractivity contribution in [3.05, 3.63) is 0 Å². The molecule has 2 rings (SSSR count). The predicted octanol–water partition coefficient (Wildman–Crippen LogP) is 2.91. The lowest BCUT2D eigenvalue weighted by molar-refractivity contribution is -0.134. The number of thioether (sulfide) groups is 1. The molecule has 4 nitrogen and oxygen atoms in total. The molecule has 0 atom stereocenters. The lowest BCUT2D eigenvalue weighted by atomic mass is 10.0. The number of amides is 2. The second-order valence-corrected chi connectivity index (χ2v) is 9.29. The molecule has 2 aliphatic heterocycles. The summed E-state index contributed by atoms with van der Waals surface area (Å²) < 4.78 is 0.281. The summed E-state index contributed by atoms with van der Waals surface area (Å²) in [6, 6.07) is 0.371. The Morgan fingerprint density at radius 3 is 2.45 bits per heavy atom. The highest BCUT2D eigenvalue weighted by atomic mass is 32.2. The number of piperidine rings is 1. The third-order valence-electron chi connectivity index (χ3n) is 4.44. The van der Waals surface area contributed by atoms with Crippen molar-refractivity contribution in [2.24, 2.45) is 0 Å². The van der Waals surface area contributed by atoms with Gasteiger partial charge in [-0.25, -0.2) is 0 Å². The molecule has 0 aromatic heterocycles. The number of carbonyl (C=O) groups excluding carboxylic acids is 2. The molecule has 22 heavy (non-hydrogen) atoms. The zero-order valence-electron chi connectivity index (χ0n) is 14.3. The zero-order chi connectivity index (χ0) is 16.2. The van der Waals surface area contributed by atoms with E-state index in [-0.39, 0.29) is 4.75 Å². The van der Waals surface area contributed by atoms with Crippen molar-refractivity contribution < 1.29 is 9.59 Å². The number of hydrogen-bond donors (Lipinski definition) is 0. The second-order valence-electron chi connectivity index (χ2n) is 7.37. The van der Waals surface area contributed by atoms with Gasteiger partial charge in [0.25, 0.3) is 0 Å². The minimum Gasteiger partial charge on any atom is -0.343 e. The maximum Gasteiger partial charge on any atom is 0.222 e. The van der Waals surface area contributed by atoms with Gasteiger partial charge in [0.1, 0.15) is 0 Å². The van der Waals surface area contributed by atoms with E-state index in [1.807, 2.05) is 21.6 Å². The molecule has 0 unspecified atom stereocenters. The third-order valence-corrected chi connectivity index (χ3v) is 5.80. The highest BCUT2D eigenvalue weighted by Crippen LogP contribution is 2.25. The average molecular weight is 327 g/mol. The number of hydrogen-bond acceptors (Lipinski definition) is 3. The van der Waals surface area contributed by atoms with Crippen LogP contribution >= 0.6 is 11.8 Å². The Morgan fingerprint density at radius 2 is 1.91 bits per heavy atom. The topological polar surface area (TPSA) is 40.6 Å². The highest BCUT2D eigenvalue weighted by Gasteiger charge is 2.31. The second kappa shape index (κ2) is 7.71. The van der Waals surface area contributed by atoms with E-state index in [0.717, 1.165) is 51.1 Å². The van der Waals surface area contributed by atoms with Gasteiger partial charge in [-0.2, -0.15) is 11.8 Å². The molecule has 0 aromatic carbocycles. The van der Waals surface area contributed by atoms with Gasteiger partial charge in [0.05, 0.1) is 0 Å². The molecule has 2 heterocycles. The molecule has 0 spiro atoms. The molecule has 0 radical (unpaired) electrons.